The molecule has 3 rings (SSSR count). The number of non-ortho nitro benzene ring substituents is 1. The zero-order valence-corrected chi connectivity index (χ0v) is 16.5. The number of rotatable bonds is 10. The van der Waals surface area contributed by atoms with Crippen molar-refractivity contribution >= 4 is 23.6 Å². The van der Waals surface area contributed by atoms with Crippen LogP contribution in [0.2, 0.25) is 0 Å². The standard InChI is InChI=1S/C21H19N3O7/c1-2-29-20-11-14(12-22-23-15-4-6-16(7-5-15)24(27)28)3-9-18(20)30-13-17-8-10-19(31-17)21(25)26/h3-12,23H,2,13H2,1H3,(H,25,26). The first-order valence-electron chi connectivity index (χ1n) is 9.21. The SMILES string of the molecule is CCOc1cc(C=NNc2ccc([N+](=O)[O-])cc2)ccc1OCc1ccc(C(=O)O)o1. The predicted molar refractivity (Wildman–Crippen MR) is 112 cm³/mol. The summed E-state index contributed by atoms with van der Waals surface area (Å²) in [5.41, 5.74) is 4.13. The molecule has 0 saturated carbocycles. The summed E-state index contributed by atoms with van der Waals surface area (Å²) in [5.74, 6) is 0.0307. The molecule has 0 amide bonds. The Bertz CT molecular complexity index is 1090. The van der Waals surface area contributed by atoms with Gasteiger partial charge in [-0.15, -0.1) is 0 Å². The Morgan fingerprint density at radius 2 is 1.94 bits per heavy atom. The Hall–Kier alpha value is -4.34. The van der Waals surface area contributed by atoms with Gasteiger partial charge in [0.25, 0.3) is 5.69 Å². The van der Waals surface area contributed by atoms with Gasteiger partial charge in [0.1, 0.15) is 12.4 Å². The van der Waals surface area contributed by atoms with Crippen molar-refractivity contribution < 1.29 is 28.7 Å². The molecule has 1 aromatic heterocycles. The Kier molecular flexibility index (Phi) is 6.84. The van der Waals surface area contributed by atoms with Crippen LogP contribution in [0, 0.1) is 10.1 Å². The van der Waals surface area contributed by atoms with E-state index in [2.05, 4.69) is 10.5 Å². The van der Waals surface area contributed by atoms with Crippen LogP contribution in [0.4, 0.5) is 11.4 Å². The van der Waals surface area contributed by atoms with Gasteiger partial charge in [0, 0.05) is 12.1 Å². The molecule has 0 fully saturated rings. The monoisotopic (exact) mass is 425 g/mol. The van der Waals surface area contributed by atoms with Crippen molar-refractivity contribution in [3.8, 4) is 11.5 Å². The topological polar surface area (TPSA) is 136 Å². The van der Waals surface area contributed by atoms with Crippen LogP contribution in [-0.4, -0.2) is 28.8 Å². The number of carbonyl (C=O) groups is 1. The van der Waals surface area contributed by atoms with E-state index in [9.17, 15) is 14.9 Å². The van der Waals surface area contributed by atoms with Crippen LogP contribution in [0.25, 0.3) is 0 Å². The third-order valence-corrected chi connectivity index (χ3v) is 4.00. The van der Waals surface area contributed by atoms with E-state index in [1.54, 1.807) is 36.5 Å². The zero-order chi connectivity index (χ0) is 22.2. The molecule has 2 aromatic carbocycles. The predicted octanol–water partition coefficient (Wildman–Crippen LogP) is 4.31. The molecule has 0 unspecified atom stereocenters. The van der Waals surface area contributed by atoms with Crippen LogP contribution in [-0.2, 0) is 6.61 Å². The number of aromatic carboxylic acids is 1. The fourth-order valence-electron chi connectivity index (χ4n) is 2.55. The smallest absolute Gasteiger partial charge is 0.371 e. The molecule has 0 bridgehead atoms. The molecular formula is C21H19N3O7. The molecule has 0 aliphatic carbocycles. The molecule has 0 atom stereocenters. The first-order chi connectivity index (χ1) is 15.0. The maximum atomic E-state index is 10.9. The van der Waals surface area contributed by atoms with E-state index in [0.717, 1.165) is 5.56 Å². The first-order valence-corrected chi connectivity index (χ1v) is 9.21. The van der Waals surface area contributed by atoms with Crippen LogP contribution in [0.3, 0.4) is 0 Å². The van der Waals surface area contributed by atoms with Gasteiger partial charge in [0.15, 0.2) is 11.5 Å². The van der Waals surface area contributed by atoms with Crippen molar-refractivity contribution in [2.45, 2.75) is 13.5 Å². The highest BCUT2D eigenvalue weighted by atomic mass is 16.6. The van der Waals surface area contributed by atoms with Crippen LogP contribution in [0.5, 0.6) is 11.5 Å². The fourth-order valence-corrected chi connectivity index (χ4v) is 2.55. The summed E-state index contributed by atoms with van der Waals surface area (Å²) in [6.07, 6.45) is 1.57. The fraction of sp³-hybridized carbons (Fsp3) is 0.143. The molecule has 31 heavy (non-hydrogen) atoms. The van der Waals surface area contributed by atoms with E-state index in [1.165, 1.54) is 24.3 Å². The number of furan rings is 1. The number of carboxylic acid groups (broad SMARTS) is 1. The van der Waals surface area contributed by atoms with Gasteiger partial charge in [-0.2, -0.15) is 5.10 Å². The average molecular weight is 425 g/mol. The number of hydrogen-bond donors (Lipinski definition) is 2. The molecule has 0 spiro atoms. The normalized spacial score (nSPS) is 10.7. The van der Waals surface area contributed by atoms with Gasteiger partial charge in [0.2, 0.25) is 5.76 Å². The van der Waals surface area contributed by atoms with E-state index in [4.69, 9.17) is 19.0 Å². The second-order valence-corrected chi connectivity index (χ2v) is 6.17. The van der Waals surface area contributed by atoms with Crippen molar-refractivity contribution in [1.82, 2.24) is 0 Å². The largest absolute Gasteiger partial charge is 0.490 e. The number of ether oxygens (including phenoxy) is 2. The van der Waals surface area contributed by atoms with Gasteiger partial charge in [0.05, 0.1) is 23.4 Å². The minimum Gasteiger partial charge on any atom is -0.490 e. The number of nitrogens with zero attached hydrogens (tertiary/aromatic N) is 2. The highest BCUT2D eigenvalue weighted by Crippen LogP contribution is 2.29. The highest BCUT2D eigenvalue weighted by molar-refractivity contribution is 5.84. The molecule has 3 aromatic rings. The Balaban J connectivity index is 1.65. The van der Waals surface area contributed by atoms with Crippen LogP contribution in [0.1, 0.15) is 28.8 Å². The molecule has 10 heteroatoms. The molecule has 160 valence electrons. The van der Waals surface area contributed by atoms with Crippen molar-refractivity contribution in [2.75, 3.05) is 12.0 Å². The summed E-state index contributed by atoms with van der Waals surface area (Å²) in [6.45, 7) is 2.30. The second-order valence-electron chi connectivity index (χ2n) is 6.17. The molecule has 0 aliphatic heterocycles. The van der Waals surface area contributed by atoms with E-state index in [0.29, 0.717) is 29.6 Å². The number of hydrazone groups is 1. The molecule has 0 aliphatic rings. The van der Waals surface area contributed by atoms with Crippen molar-refractivity contribution in [2.24, 2.45) is 5.10 Å². The first kappa shape index (κ1) is 21.4. The maximum absolute atomic E-state index is 10.9. The quantitative estimate of drug-likeness (QED) is 0.278. The Labute approximate surface area is 176 Å². The lowest BCUT2D eigenvalue weighted by Crippen LogP contribution is -2.00. The lowest BCUT2D eigenvalue weighted by molar-refractivity contribution is -0.384. The van der Waals surface area contributed by atoms with Crippen LogP contribution in [0.15, 0.2) is 64.1 Å². The number of benzene rings is 2. The molecule has 0 saturated heterocycles. The summed E-state index contributed by atoms with van der Waals surface area (Å²) in [7, 11) is 0. The van der Waals surface area contributed by atoms with Gasteiger partial charge in [-0.25, -0.2) is 4.79 Å². The summed E-state index contributed by atoms with van der Waals surface area (Å²) < 4.78 is 16.5. The molecular weight excluding hydrogens is 406 g/mol. The van der Waals surface area contributed by atoms with E-state index in [-0.39, 0.29) is 18.1 Å². The summed E-state index contributed by atoms with van der Waals surface area (Å²) in [5, 5.41) is 23.7. The molecule has 10 nitrogen and oxygen atoms in total. The van der Waals surface area contributed by atoms with Gasteiger partial charge < -0.3 is 19.0 Å². The van der Waals surface area contributed by atoms with Gasteiger partial charge in [-0.1, -0.05) is 0 Å². The lowest BCUT2D eigenvalue weighted by Gasteiger charge is -2.11. The number of hydrogen-bond acceptors (Lipinski definition) is 8. The van der Waals surface area contributed by atoms with Crippen molar-refractivity contribution in [1.29, 1.82) is 0 Å². The zero-order valence-electron chi connectivity index (χ0n) is 16.5. The molecule has 1 heterocycles. The summed E-state index contributed by atoms with van der Waals surface area (Å²) in [4.78, 5) is 21.1. The van der Waals surface area contributed by atoms with E-state index >= 15 is 0 Å². The minimum absolute atomic E-state index is 0.000192. The number of nitro groups is 1. The number of nitro benzene ring substituents is 1. The van der Waals surface area contributed by atoms with Gasteiger partial charge in [-0.05, 0) is 55.0 Å². The van der Waals surface area contributed by atoms with Gasteiger partial charge >= 0.3 is 5.97 Å². The van der Waals surface area contributed by atoms with Crippen molar-refractivity contribution in [3.63, 3.8) is 0 Å². The van der Waals surface area contributed by atoms with Crippen LogP contribution < -0.4 is 14.9 Å². The minimum atomic E-state index is -1.15. The molecule has 0 radical (unpaired) electrons. The highest BCUT2D eigenvalue weighted by Gasteiger charge is 2.11. The van der Waals surface area contributed by atoms with E-state index in [1.807, 2.05) is 6.92 Å². The average Bonchev–Trinajstić information content (AvgIpc) is 3.23. The lowest BCUT2D eigenvalue weighted by atomic mass is 10.2. The Morgan fingerprint density at radius 1 is 1.16 bits per heavy atom. The third-order valence-electron chi connectivity index (χ3n) is 4.00. The van der Waals surface area contributed by atoms with Gasteiger partial charge in [-0.3, -0.25) is 15.5 Å². The second kappa shape index (κ2) is 9.92. The van der Waals surface area contributed by atoms with E-state index < -0.39 is 10.9 Å². The molecule has 2 N–H and O–H groups in total. The number of carboxylic acids is 1. The summed E-state index contributed by atoms with van der Waals surface area (Å²) >= 11 is 0. The maximum Gasteiger partial charge on any atom is 0.371 e. The number of nitrogens with one attached hydrogen (secondary N) is 1. The summed E-state index contributed by atoms with van der Waals surface area (Å²) in [6, 6.07) is 14.0. The third kappa shape index (κ3) is 5.82. The van der Waals surface area contributed by atoms with Crippen LogP contribution >= 0.6 is 0 Å². The number of anilines is 1. The Morgan fingerprint density at radius 3 is 2.58 bits per heavy atom. The van der Waals surface area contributed by atoms with Crippen molar-refractivity contribution in [3.05, 3.63) is 81.8 Å².